The van der Waals surface area contributed by atoms with Crippen molar-refractivity contribution in [3.05, 3.63) is 47.7 Å². The summed E-state index contributed by atoms with van der Waals surface area (Å²) in [6.45, 7) is 14.5. The van der Waals surface area contributed by atoms with E-state index in [1.807, 2.05) is 0 Å². The van der Waals surface area contributed by atoms with Gasteiger partial charge in [0.25, 0.3) is 0 Å². The lowest BCUT2D eigenvalue weighted by Gasteiger charge is -2.22. The topological polar surface area (TPSA) is 0 Å². The molecule has 2 aromatic rings. The first-order chi connectivity index (χ1) is 9.18. The van der Waals surface area contributed by atoms with Gasteiger partial charge in [-0.25, -0.2) is 0 Å². The molecule has 0 aliphatic carbocycles. The third-order valence-electron chi connectivity index (χ3n) is 3.53. The smallest absolute Gasteiger partial charge is 0.0784 e. The number of fused-ring (bicyclic) bond motifs is 1. The summed E-state index contributed by atoms with van der Waals surface area (Å²) in [5, 5.41) is 4.33. The molecule has 0 aromatic heterocycles. The third-order valence-corrected chi connectivity index (χ3v) is 6.75. The molecular formula is C18H26Si2. The first-order valence-electron chi connectivity index (χ1n) is 7.40. The molecule has 20 heavy (non-hydrogen) atoms. The molecule has 0 atom stereocenters. The van der Waals surface area contributed by atoms with Crippen LogP contribution in [0.15, 0.2) is 42.1 Å². The largest absolute Gasteiger partial charge is 0.0944 e. The van der Waals surface area contributed by atoms with E-state index in [4.69, 9.17) is 0 Å². The molecule has 0 saturated carbocycles. The number of hydrogen-bond donors (Lipinski definition) is 0. The summed E-state index contributed by atoms with van der Waals surface area (Å²) in [5.41, 5.74) is 3.93. The molecule has 106 valence electrons. The summed E-state index contributed by atoms with van der Waals surface area (Å²) in [6, 6.07) is 13.4. The van der Waals surface area contributed by atoms with Crippen LogP contribution in [0.5, 0.6) is 0 Å². The number of rotatable bonds is 3. The molecule has 0 fully saturated rings. The van der Waals surface area contributed by atoms with Crippen LogP contribution < -0.4 is 5.19 Å². The van der Waals surface area contributed by atoms with Crippen LogP contribution in [-0.2, 0) is 0 Å². The minimum Gasteiger partial charge on any atom is -0.0944 e. The Hall–Kier alpha value is -1.13. The summed E-state index contributed by atoms with van der Waals surface area (Å²) in [6.07, 6.45) is 2.40. The molecule has 0 saturated heterocycles. The third kappa shape index (κ3) is 3.50. The Bertz CT molecular complexity index is 640. The van der Waals surface area contributed by atoms with Crippen molar-refractivity contribution < 1.29 is 0 Å². The van der Waals surface area contributed by atoms with E-state index >= 15 is 0 Å². The van der Waals surface area contributed by atoms with Crippen molar-refractivity contribution in [1.82, 2.24) is 0 Å². The van der Waals surface area contributed by atoms with Crippen molar-refractivity contribution in [1.29, 1.82) is 0 Å². The second-order valence-electron chi connectivity index (χ2n) is 7.70. The first-order valence-corrected chi connectivity index (χ1v) is 14.5. The summed E-state index contributed by atoms with van der Waals surface area (Å²) in [5.74, 6) is 0. The highest BCUT2D eigenvalue weighted by atomic mass is 28.3. The van der Waals surface area contributed by atoms with Gasteiger partial charge in [0.05, 0.1) is 16.1 Å². The van der Waals surface area contributed by atoms with Crippen molar-refractivity contribution in [3.63, 3.8) is 0 Å². The fraction of sp³-hybridized carbons (Fsp3) is 0.333. The van der Waals surface area contributed by atoms with E-state index in [0.29, 0.717) is 0 Å². The predicted octanol–water partition coefficient (Wildman–Crippen LogP) is 5.28. The molecule has 0 bridgehead atoms. The summed E-state index contributed by atoms with van der Waals surface area (Å²) < 4.78 is 0. The fourth-order valence-corrected chi connectivity index (χ4v) is 4.74. The van der Waals surface area contributed by atoms with Crippen LogP contribution in [0.25, 0.3) is 16.8 Å². The number of hydrogen-bond acceptors (Lipinski definition) is 0. The molecule has 0 aliphatic heterocycles. The van der Waals surface area contributed by atoms with Crippen LogP contribution in [0.1, 0.15) is 5.56 Å². The van der Waals surface area contributed by atoms with Gasteiger partial charge in [-0.2, -0.15) is 0 Å². The molecule has 0 heterocycles. The highest BCUT2D eigenvalue weighted by Crippen LogP contribution is 2.22. The Kier molecular flexibility index (Phi) is 4.08. The monoisotopic (exact) mass is 298 g/mol. The van der Waals surface area contributed by atoms with Gasteiger partial charge < -0.3 is 0 Å². The van der Waals surface area contributed by atoms with Crippen LogP contribution in [0.2, 0.25) is 39.3 Å². The van der Waals surface area contributed by atoms with Crippen molar-refractivity contribution in [2.45, 2.75) is 39.3 Å². The lowest BCUT2D eigenvalue weighted by molar-refractivity contribution is 1.68. The van der Waals surface area contributed by atoms with Crippen molar-refractivity contribution >= 4 is 38.2 Å². The van der Waals surface area contributed by atoms with Crippen LogP contribution in [-0.4, -0.2) is 16.1 Å². The van der Waals surface area contributed by atoms with Gasteiger partial charge in [-0.05, 0) is 16.3 Å². The van der Waals surface area contributed by atoms with Gasteiger partial charge in [0.15, 0.2) is 0 Å². The highest BCUT2D eigenvalue weighted by Gasteiger charge is 2.20. The molecule has 0 unspecified atom stereocenters. The molecule has 2 aromatic carbocycles. The van der Waals surface area contributed by atoms with Gasteiger partial charge in [0.1, 0.15) is 0 Å². The maximum atomic E-state index is 2.47. The van der Waals surface area contributed by atoms with Gasteiger partial charge in [0, 0.05) is 0 Å². The fourth-order valence-electron chi connectivity index (χ4n) is 2.46. The average Bonchev–Trinajstić information content (AvgIpc) is 2.33. The van der Waals surface area contributed by atoms with E-state index in [2.05, 4.69) is 87.5 Å². The van der Waals surface area contributed by atoms with Crippen LogP contribution in [0.4, 0.5) is 0 Å². The molecule has 2 heteroatoms. The molecule has 0 N–H and O–H groups in total. The van der Waals surface area contributed by atoms with E-state index in [-0.39, 0.29) is 0 Å². The molecule has 0 radical (unpaired) electrons. The minimum atomic E-state index is -1.33. The predicted molar refractivity (Wildman–Crippen MR) is 99.3 cm³/mol. The van der Waals surface area contributed by atoms with Crippen molar-refractivity contribution in [2.75, 3.05) is 0 Å². The van der Waals surface area contributed by atoms with Gasteiger partial charge in [-0.3, -0.25) is 0 Å². The minimum absolute atomic E-state index is 1.17. The Morgan fingerprint density at radius 1 is 0.800 bits per heavy atom. The summed E-state index contributed by atoms with van der Waals surface area (Å²) in [7, 11) is -2.50. The van der Waals surface area contributed by atoms with Gasteiger partial charge in [-0.1, -0.05) is 92.6 Å². The number of benzene rings is 2. The summed E-state index contributed by atoms with van der Waals surface area (Å²) in [4.78, 5) is 0. The second kappa shape index (κ2) is 5.34. The SMILES string of the molecule is C[Si](C)(C)/C=C\c1c([Si](C)(C)C)ccc2ccccc12. The Balaban J connectivity index is 2.72. The molecule has 0 aliphatic rings. The highest BCUT2D eigenvalue weighted by molar-refractivity contribution is 6.89. The zero-order valence-corrected chi connectivity index (χ0v) is 15.6. The van der Waals surface area contributed by atoms with Gasteiger partial charge in [-0.15, -0.1) is 0 Å². The van der Waals surface area contributed by atoms with E-state index in [9.17, 15) is 0 Å². The van der Waals surface area contributed by atoms with Crippen LogP contribution >= 0.6 is 0 Å². The maximum absolute atomic E-state index is 2.47. The van der Waals surface area contributed by atoms with E-state index in [1.54, 1.807) is 5.19 Å². The molecule has 0 spiro atoms. The molecule has 0 amide bonds. The quantitative estimate of drug-likeness (QED) is 0.677. The van der Waals surface area contributed by atoms with E-state index in [1.165, 1.54) is 16.3 Å². The lowest BCUT2D eigenvalue weighted by Crippen LogP contribution is -2.39. The Morgan fingerprint density at radius 2 is 1.45 bits per heavy atom. The van der Waals surface area contributed by atoms with E-state index in [0.717, 1.165) is 0 Å². The molecular weight excluding hydrogens is 272 g/mol. The van der Waals surface area contributed by atoms with E-state index < -0.39 is 16.1 Å². The van der Waals surface area contributed by atoms with Crippen LogP contribution in [0, 0.1) is 0 Å². The summed E-state index contributed by atoms with van der Waals surface area (Å²) >= 11 is 0. The standard InChI is InChI=1S/C18H26Si2/c1-19(2,3)14-13-17-16-10-8-7-9-15(16)11-12-18(17)20(4,5)6/h7-14H,1-6H3/b14-13-. The zero-order valence-electron chi connectivity index (χ0n) is 13.6. The van der Waals surface area contributed by atoms with Gasteiger partial charge in [0.2, 0.25) is 0 Å². The Morgan fingerprint density at radius 3 is 2.05 bits per heavy atom. The maximum Gasteiger partial charge on any atom is 0.0784 e. The zero-order chi connectivity index (χ0) is 15.0. The van der Waals surface area contributed by atoms with Crippen LogP contribution in [0.3, 0.4) is 0 Å². The molecule has 0 nitrogen and oxygen atoms in total. The Labute approximate surface area is 125 Å². The second-order valence-corrected chi connectivity index (χ2v) is 17.8. The van der Waals surface area contributed by atoms with Crippen molar-refractivity contribution in [3.8, 4) is 0 Å². The molecule has 2 rings (SSSR count). The van der Waals surface area contributed by atoms with Gasteiger partial charge >= 0.3 is 0 Å². The average molecular weight is 299 g/mol. The van der Waals surface area contributed by atoms with Crippen molar-refractivity contribution in [2.24, 2.45) is 0 Å². The normalized spacial score (nSPS) is 13.3. The first kappa shape index (κ1) is 15.3. The lowest BCUT2D eigenvalue weighted by atomic mass is 10.0.